The summed E-state index contributed by atoms with van der Waals surface area (Å²) in [5.74, 6) is 1.10. The second-order valence-electron chi connectivity index (χ2n) is 2.53. The fraction of sp³-hybridized carbons (Fsp3) is 0.556. The van der Waals surface area contributed by atoms with Gasteiger partial charge in [0.1, 0.15) is 0 Å². The molecule has 1 rings (SSSR count). The van der Waals surface area contributed by atoms with Crippen molar-refractivity contribution >= 4 is 11.8 Å². The van der Waals surface area contributed by atoms with Gasteiger partial charge in [0.2, 0.25) is 0 Å². The summed E-state index contributed by atoms with van der Waals surface area (Å²) in [7, 11) is 0. The van der Waals surface area contributed by atoms with Gasteiger partial charge in [0.25, 0.3) is 0 Å². The molecule has 0 aliphatic heterocycles. The Hall–Kier alpha value is -0.570. The van der Waals surface area contributed by atoms with Crippen LogP contribution in [0.4, 0.5) is 0 Å². The molecule has 1 aromatic heterocycles. The Morgan fingerprint density at radius 3 is 2.92 bits per heavy atom. The van der Waals surface area contributed by atoms with E-state index in [9.17, 15) is 0 Å². The third kappa shape index (κ3) is 2.81. The van der Waals surface area contributed by atoms with Gasteiger partial charge in [-0.25, -0.2) is 9.97 Å². The number of hydrogen-bond donors (Lipinski definition) is 0. The summed E-state index contributed by atoms with van der Waals surface area (Å²) in [6, 6.07) is 1.97. The maximum Gasteiger partial charge on any atom is 0.187 e. The molecule has 2 nitrogen and oxygen atoms in total. The highest BCUT2D eigenvalue weighted by Gasteiger charge is 1.96. The first-order valence-corrected chi connectivity index (χ1v) is 5.30. The molecule has 0 aromatic carbocycles. The number of thioether (sulfide) groups is 1. The molecule has 0 saturated heterocycles. The zero-order valence-corrected chi connectivity index (χ0v) is 8.40. The Labute approximate surface area is 77.8 Å². The summed E-state index contributed by atoms with van der Waals surface area (Å²) in [5, 5.41) is 0.913. The first kappa shape index (κ1) is 9.52. The highest BCUT2D eigenvalue weighted by Crippen LogP contribution is 2.13. The van der Waals surface area contributed by atoms with E-state index in [2.05, 4.69) is 23.8 Å². The van der Waals surface area contributed by atoms with E-state index in [1.165, 1.54) is 6.42 Å². The van der Waals surface area contributed by atoms with Gasteiger partial charge < -0.3 is 0 Å². The zero-order chi connectivity index (χ0) is 8.81. The minimum absolute atomic E-state index is 0.913. The summed E-state index contributed by atoms with van der Waals surface area (Å²) < 4.78 is 0. The van der Waals surface area contributed by atoms with Crippen LogP contribution in [0.25, 0.3) is 0 Å². The van der Waals surface area contributed by atoms with Crippen molar-refractivity contribution in [2.75, 3.05) is 5.75 Å². The lowest BCUT2D eigenvalue weighted by atomic mass is 10.3. The third-order valence-corrected chi connectivity index (χ3v) is 2.56. The summed E-state index contributed by atoms with van der Waals surface area (Å²) >= 11 is 1.73. The fourth-order valence-corrected chi connectivity index (χ4v) is 1.54. The zero-order valence-electron chi connectivity index (χ0n) is 7.58. The summed E-state index contributed by atoms with van der Waals surface area (Å²) in [4.78, 5) is 8.56. The van der Waals surface area contributed by atoms with Crippen LogP contribution < -0.4 is 0 Å². The van der Waals surface area contributed by atoms with Gasteiger partial charge in [-0.3, -0.25) is 0 Å². The largest absolute Gasteiger partial charge is 0.231 e. The van der Waals surface area contributed by atoms with Crippen molar-refractivity contribution in [3.63, 3.8) is 0 Å². The van der Waals surface area contributed by atoms with E-state index in [-0.39, 0.29) is 0 Å². The number of nitrogens with zero attached hydrogens (tertiary/aromatic N) is 2. The SMILES string of the molecule is CCCSc1nccc(CC)n1. The van der Waals surface area contributed by atoms with Crippen molar-refractivity contribution in [2.24, 2.45) is 0 Å². The molecule has 1 aromatic rings. The monoisotopic (exact) mass is 182 g/mol. The van der Waals surface area contributed by atoms with E-state index in [4.69, 9.17) is 0 Å². The Balaban J connectivity index is 2.60. The second-order valence-corrected chi connectivity index (χ2v) is 3.59. The highest BCUT2D eigenvalue weighted by molar-refractivity contribution is 7.99. The van der Waals surface area contributed by atoms with Gasteiger partial charge in [0, 0.05) is 17.6 Å². The number of aromatic nitrogens is 2. The average Bonchev–Trinajstić information content (AvgIpc) is 2.15. The van der Waals surface area contributed by atoms with Crippen molar-refractivity contribution in [1.82, 2.24) is 9.97 Å². The molecule has 0 aliphatic rings. The lowest BCUT2D eigenvalue weighted by molar-refractivity contribution is 0.887. The molecular formula is C9H14N2S. The van der Waals surface area contributed by atoms with E-state index in [1.54, 1.807) is 11.8 Å². The van der Waals surface area contributed by atoms with Crippen LogP contribution in [-0.4, -0.2) is 15.7 Å². The molecule has 66 valence electrons. The smallest absolute Gasteiger partial charge is 0.187 e. The molecule has 0 amide bonds. The first-order chi connectivity index (χ1) is 5.86. The molecule has 1 heterocycles. The van der Waals surface area contributed by atoms with Crippen LogP contribution in [0.15, 0.2) is 17.4 Å². The lowest BCUT2D eigenvalue weighted by Crippen LogP contribution is -1.92. The van der Waals surface area contributed by atoms with Crippen LogP contribution in [0.3, 0.4) is 0 Å². The molecule has 3 heteroatoms. The third-order valence-electron chi connectivity index (χ3n) is 1.49. The number of rotatable bonds is 4. The minimum atomic E-state index is 0.913. The van der Waals surface area contributed by atoms with Crippen LogP contribution in [-0.2, 0) is 6.42 Å². The van der Waals surface area contributed by atoms with Gasteiger partial charge in [-0.05, 0) is 18.9 Å². The second kappa shape index (κ2) is 5.14. The highest BCUT2D eigenvalue weighted by atomic mass is 32.2. The Morgan fingerprint density at radius 2 is 2.25 bits per heavy atom. The predicted molar refractivity (Wildman–Crippen MR) is 52.4 cm³/mol. The van der Waals surface area contributed by atoms with Gasteiger partial charge >= 0.3 is 0 Å². The van der Waals surface area contributed by atoms with Crippen molar-refractivity contribution in [3.8, 4) is 0 Å². The normalized spacial score (nSPS) is 10.2. The molecule has 0 fully saturated rings. The fourth-order valence-electron chi connectivity index (χ4n) is 0.836. The van der Waals surface area contributed by atoms with Gasteiger partial charge in [-0.2, -0.15) is 0 Å². The molecule has 0 bridgehead atoms. The standard InChI is InChI=1S/C9H14N2S/c1-3-7-12-9-10-6-5-8(4-2)11-9/h5-6H,3-4,7H2,1-2H3. The van der Waals surface area contributed by atoms with E-state index < -0.39 is 0 Å². The number of aryl methyl sites for hydroxylation is 1. The molecule has 0 radical (unpaired) electrons. The lowest BCUT2D eigenvalue weighted by Gasteiger charge is -1.99. The number of hydrogen-bond acceptors (Lipinski definition) is 3. The van der Waals surface area contributed by atoms with Gasteiger partial charge in [-0.1, -0.05) is 25.6 Å². The van der Waals surface area contributed by atoms with Crippen LogP contribution in [0.5, 0.6) is 0 Å². The molecule has 0 atom stereocenters. The Kier molecular flexibility index (Phi) is 4.08. The molecule has 12 heavy (non-hydrogen) atoms. The molecular weight excluding hydrogens is 168 g/mol. The maximum atomic E-state index is 4.38. The quantitative estimate of drug-likeness (QED) is 0.528. The Morgan fingerprint density at radius 1 is 1.42 bits per heavy atom. The van der Waals surface area contributed by atoms with Crippen LogP contribution >= 0.6 is 11.8 Å². The van der Waals surface area contributed by atoms with Gasteiger partial charge in [-0.15, -0.1) is 0 Å². The van der Waals surface area contributed by atoms with Crippen LogP contribution in [0.1, 0.15) is 26.0 Å². The molecule has 0 N–H and O–H groups in total. The molecule has 0 spiro atoms. The van der Waals surface area contributed by atoms with Gasteiger partial charge in [0.05, 0.1) is 0 Å². The predicted octanol–water partition coefficient (Wildman–Crippen LogP) is 2.54. The summed E-state index contributed by atoms with van der Waals surface area (Å²) in [5.41, 5.74) is 1.13. The van der Waals surface area contributed by atoms with Crippen LogP contribution in [0, 0.1) is 0 Å². The van der Waals surface area contributed by atoms with Crippen LogP contribution in [0.2, 0.25) is 0 Å². The average molecular weight is 182 g/mol. The summed E-state index contributed by atoms with van der Waals surface area (Å²) in [6.45, 7) is 4.27. The van der Waals surface area contributed by atoms with Crippen molar-refractivity contribution in [3.05, 3.63) is 18.0 Å². The van der Waals surface area contributed by atoms with Crippen molar-refractivity contribution in [1.29, 1.82) is 0 Å². The van der Waals surface area contributed by atoms with Crippen molar-refractivity contribution < 1.29 is 0 Å². The van der Waals surface area contributed by atoms with Gasteiger partial charge in [0.15, 0.2) is 5.16 Å². The van der Waals surface area contributed by atoms with E-state index in [0.29, 0.717) is 0 Å². The topological polar surface area (TPSA) is 25.8 Å². The summed E-state index contributed by atoms with van der Waals surface area (Å²) in [6.07, 6.45) is 4.00. The first-order valence-electron chi connectivity index (χ1n) is 4.31. The van der Waals surface area contributed by atoms with E-state index in [0.717, 1.165) is 23.0 Å². The molecule has 0 saturated carbocycles. The Bertz CT molecular complexity index is 238. The maximum absolute atomic E-state index is 4.38. The van der Waals surface area contributed by atoms with E-state index in [1.807, 2.05) is 12.3 Å². The molecule has 0 unspecified atom stereocenters. The minimum Gasteiger partial charge on any atom is -0.231 e. The van der Waals surface area contributed by atoms with E-state index >= 15 is 0 Å². The molecule has 0 aliphatic carbocycles. The van der Waals surface area contributed by atoms with Crippen molar-refractivity contribution in [2.45, 2.75) is 31.8 Å².